The first-order valence-corrected chi connectivity index (χ1v) is 5.24. The first-order valence-electron chi connectivity index (χ1n) is 5.24. The molecule has 1 saturated carbocycles. The zero-order chi connectivity index (χ0) is 11.8. The first kappa shape index (κ1) is 11.4. The summed E-state index contributed by atoms with van der Waals surface area (Å²) in [5.41, 5.74) is 5.09. The summed E-state index contributed by atoms with van der Waals surface area (Å²) >= 11 is 0. The standard InChI is InChI=1S/C11H13F3N2/c12-11(13,14)8-3-6-16-9(7-8)10(15)4-1-2-5-10/h3,6-7H,1-2,4-5,15H2. The van der Waals surface area contributed by atoms with Crippen LogP contribution in [0.25, 0.3) is 0 Å². The Bertz CT molecular complexity index is 381. The monoisotopic (exact) mass is 230 g/mol. The number of nitrogens with two attached hydrogens (primary N) is 1. The Kier molecular flexibility index (Phi) is 2.66. The molecule has 1 heterocycles. The number of hydrogen-bond acceptors (Lipinski definition) is 2. The molecule has 2 rings (SSSR count). The average molecular weight is 230 g/mol. The number of rotatable bonds is 1. The molecule has 1 aliphatic carbocycles. The molecule has 1 aromatic rings. The van der Waals surface area contributed by atoms with Crippen molar-refractivity contribution in [2.75, 3.05) is 0 Å². The van der Waals surface area contributed by atoms with Gasteiger partial charge in [0.1, 0.15) is 0 Å². The van der Waals surface area contributed by atoms with Gasteiger partial charge < -0.3 is 5.73 Å². The Balaban J connectivity index is 2.36. The largest absolute Gasteiger partial charge is 0.416 e. The van der Waals surface area contributed by atoms with Gasteiger partial charge in [0.2, 0.25) is 0 Å². The molecule has 0 amide bonds. The van der Waals surface area contributed by atoms with E-state index in [-0.39, 0.29) is 0 Å². The van der Waals surface area contributed by atoms with Crippen molar-refractivity contribution < 1.29 is 13.2 Å². The maximum atomic E-state index is 12.5. The smallest absolute Gasteiger partial charge is 0.320 e. The van der Waals surface area contributed by atoms with Gasteiger partial charge in [-0.1, -0.05) is 12.8 Å². The summed E-state index contributed by atoms with van der Waals surface area (Å²) in [6.45, 7) is 0. The van der Waals surface area contributed by atoms with E-state index < -0.39 is 17.3 Å². The molecular weight excluding hydrogens is 217 g/mol. The molecule has 0 unspecified atom stereocenters. The molecule has 16 heavy (non-hydrogen) atoms. The molecule has 0 bridgehead atoms. The zero-order valence-corrected chi connectivity index (χ0v) is 8.72. The number of nitrogens with zero attached hydrogens (tertiary/aromatic N) is 1. The van der Waals surface area contributed by atoms with Crippen molar-refractivity contribution in [3.63, 3.8) is 0 Å². The number of alkyl halides is 3. The van der Waals surface area contributed by atoms with Crippen LogP contribution in [0, 0.1) is 0 Å². The van der Waals surface area contributed by atoms with Gasteiger partial charge in [0.15, 0.2) is 0 Å². The van der Waals surface area contributed by atoms with Crippen molar-refractivity contribution in [2.24, 2.45) is 5.73 Å². The second-order valence-corrected chi connectivity index (χ2v) is 4.29. The minimum Gasteiger partial charge on any atom is -0.320 e. The minimum atomic E-state index is -4.33. The van der Waals surface area contributed by atoms with E-state index in [2.05, 4.69) is 4.98 Å². The molecule has 0 atom stereocenters. The van der Waals surface area contributed by atoms with Crippen molar-refractivity contribution in [1.29, 1.82) is 0 Å². The van der Waals surface area contributed by atoms with E-state index in [0.717, 1.165) is 25.0 Å². The molecule has 88 valence electrons. The Labute approximate surface area is 91.7 Å². The summed E-state index contributed by atoms with van der Waals surface area (Å²) in [5.74, 6) is 0. The molecule has 0 aromatic carbocycles. The lowest BCUT2D eigenvalue weighted by Crippen LogP contribution is -2.34. The lowest BCUT2D eigenvalue weighted by Gasteiger charge is -2.23. The van der Waals surface area contributed by atoms with E-state index in [1.165, 1.54) is 6.20 Å². The van der Waals surface area contributed by atoms with Gasteiger partial charge >= 0.3 is 6.18 Å². The second kappa shape index (κ2) is 3.73. The first-order chi connectivity index (χ1) is 7.42. The fraction of sp³-hybridized carbons (Fsp3) is 0.545. The topological polar surface area (TPSA) is 38.9 Å². The zero-order valence-electron chi connectivity index (χ0n) is 8.72. The van der Waals surface area contributed by atoms with E-state index >= 15 is 0 Å². The highest BCUT2D eigenvalue weighted by Crippen LogP contribution is 2.37. The highest BCUT2D eigenvalue weighted by atomic mass is 19.4. The van der Waals surface area contributed by atoms with Gasteiger partial charge in [-0.25, -0.2) is 0 Å². The van der Waals surface area contributed by atoms with Crippen molar-refractivity contribution in [3.05, 3.63) is 29.6 Å². The third-order valence-corrected chi connectivity index (χ3v) is 3.09. The van der Waals surface area contributed by atoms with Crippen molar-refractivity contribution in [3.8, 4) is 0 Å². The third kappa shape index (κ3) is 2.04. The molecule has 1 fully saturated rings. The van der Waals surface area contributed by atoms with Crippen LogP contribution < -0.4 is 5.73 Å². The molecule has 0 spiro atoms. The van der Waals surface area contributed by atoms with Gasteiger partial charge in [-0.05, 0) is 25.0 Å². The highest BCUT2D eigenvalue weighted by Gasteiger charge is 2.36. The van der Waals surface area contributed by atoms with Crippen molar-refractivity contribution in [2.45, 2.75) is 37.4 Å². The lowest BCUT2D eigenvalue weighted by atomic mass is 9.93. The highest BCUT2D eigenvalue weighted by molar-refractivity contribution is 5.25. The number of pyridine rings is 1. The quantitative estimate of drug-likeness (QED) is 0.805. The van der Waals surface area contributed by atoms with Crippen LogP contribution in [0.1, 0.15) is 36.9 Å². The molecule has 1 aromatic heterocycles. The maximum Gasteiger partial charge on any atom is 0.416 e. The predicted octanol–water partition coefficient (Wildman–Crippen LogP) is 2.83. The lowest BCUT2D eigenvalue weighted by molar-refractivity contribution is -0.137. The Morgan fingerprint density at radius 3 is 2.44 bits per heavy atom. The van der Waals surface area contributed by atoms with Gasteiger partial charge in [0, 0.05) is 6.20 Å². The van der Waals surface area contributed by atoms with E-state index in [4.69, 9.17) is 5.73 Å². The summed E-state index contributed by atoms with van der Waals surface area (Å²) in [6, 6.07) is 2.05. The van der Waals surface area contributed by atoms with Gasteiger partial charge in [0.05, 0.1) is 16.8 Å². The normalized spacial score (nSPS) is 20.0. The van der Waals surface area contributed by atoms with Crippen LogP contribution in [0.2, 0.25) is 0 Å². The summed E-state index contributed by atoms with van der Waals surface area (Å²) in [4.78, 5) is 3.98. The average Bonchev–Trinajstić information content (AvgIpc) is 2.66. The summed E-state index contributed by atoms with van der Waals surface area (Å²) in [7, 11) is 0. The van der Waals surface area contributed by atoms with E-state index in [0.29, 0.717) is 18.5 Å². The van der Waals surface area contributed by atoms with Crippen LogP contribution in [0.4, 0.5) is 13.2 Å². The molecule has 0 saturated heterocycles. The van der Waals surface area contributed by atoms with Crippen molar-refractivity contribution >= 4 is 0 Å². The third-order valence-electron chi connectivity index (χ3n) is 3.09. The van der Waals surface area contributed by atoms with Gasteiger partial charge in [0.25, 0.3) is 0 Å². The predicted molar refractivity (Wildman–Crippen MR) is 53.6 cm³/mol. The Morgan fingerprint density at radius 2 is 1.88 bits per heavy atom. The molecule has 2 N–H and O–H groups in total. The van der Waals surface area contributed by atoms with Crippen LogP contribution in [0.3, 0.4) is 0 Å². The second-order valence-electron chi connectivity index (χ2n) is 4.29. The number of halogens is 3. The van der Waals surface area contributed by atoms with Crippen LogP contribution in [0.5, 0.6) is 0 Å². The van der Waals surface area contributed by atoms with Gasteiger partial charge in [-0.2, -0.15) is 13.2 Å². The van der Waals surface area contributed by atoms with Crippen LogP contribution >= 0.6 is 0 Å². The fourth-order valence-corrected chi connectivity index (χ4v) is 2.14. The minimum absolute atomic E-state index is 0.361. The molecule has 1 aliphatic rings. The van der Waals surface area contributed by atoms with E-state index in [1.54, 1.807) is 0 Å². The van der Waals surface area contributed by atoms with Gasteiger partial charge in [-0.15, -0.1) is 0 Å². The van der Waals surface area contributed by atoms with E-state index in [9.17, 15) is 13.2 Å². The van der Waals surface area contributed by atoms with Crippen LogP contribution in [0.15, 0.2) is 18.3 Å². The van der Waals surface area contributed by atoms with Crippen LogP contribution in [-0.4, -0.2) is 4.98 Å². The summed E-state index contributed by atoms with van der Waals surface area (Å²) in [6.07, 6.45) is 0.184. The number of aromatic nitrogens is 1. The van der Waals surface area contributed by atoms with Gasteiger partial charge in [-0.3, -0.25) is 4.98 Å². The molecule has 0 aliphatic heterocycles. The SMILES string of the molecule is NC1(c2cc(C(F)(F)F)ccn2)CCCC1. The maximum absolute atomic E-state index is 12.5. The summed E-state index contributed by atoms with van der Waals surface area (Å²) in [5, 5.41) is 0. The van der Waals surface area contributed by atoms with E-state index in [1.807, 2.05) is 0 Å². The fourth-order valence-electron chi connectivity index (χ4n) is 2.14. The molecule has 5 heteroatoms. The Hall–Kier alpha value is -1.10. The Morgan fingerprint density at radius 1 is 1.25 bits per heavy atom. The molecule has 0 radical (unpaired) electrons. The summed E-state index contributed by atoms with van der Waals surface area (Å²) < 4.78 is 37.5. The van der Waals surface area contributed by atoms with Crippen LogP contribution in [-0.2, 0) is 11.7 Å². The molecule has 2 nitrogen and oxygen atoms in total. The van der Waals surface area contributed by atoms with Crippen molar-refractivity contribution in [1.82, 2.24) is 4.98 Å². The number of hydrogen-bond donors (Lipinski definition) is 1. The molecular formula is C11H13F3N2.